The Balaban J connectivity index is 0.00000202. The minimum absolute atomic E-state index is 0.200. The highest BCUT2D eigenvalue weighted by atomic mass is 15.1. The van der Waals surface area contributed by atoms with E-state index in [2.05, 4.69) is 188 Å². The molecule has 0 N–H and O–H groups in total. The van der Waals surface area contributed by atoms with Crippen LogP contribution in [0.1, 0.15) is 64.2 Å². The van der Waals surface area contributed by atoms with Crippen LogP contribution in [0.25, 0.3) is 65.9 Å². The van der Waals surface area contributed by atoms with Crippen molar-refractivity contribution in [2.75, 3.05) is 4.90 Å². The van der Waals surface area contributed by atoms with Crippen LogP contribution >= 0.6 is 0 Å². The second-order valence-electron chi connectivity index (χ2n) is 15.1. The molecule has 0 aliphatic heterocycles. The van der Waals surface area contributed by atoms with Crippen molar-refractivity contribution >= 4 is 60.7 Å². The van der Waals surface area contributed by atoms with E-state index in [-0.39, 0.29) is 5.41 Å². The average Bonchev–Trinajstić information content (AvgIpc) is 3.85. The van der Waals surface area contributed by atoms with Crippen LogP contribution in [0.2, 0.25) is 0 Å². The van der Waals surface area contributed by atoms with Crippen molar-refractivity contribution in [1.82, 2.24) is 4.40 Å². The molecule has 0 radical (unpaired) electrons. The molecule has 0 spiro atoms. The summed E-state index contributed by atoms with van der Waals surface area (Å²) in [7, 11) is 0. The quantitative estimate of drug-likeness (QED) is 0.149. The Hall–Kier alpha value is -6.56. The zero-order valence-electron chi connectivity index (χ0n) is 32.9. The first-order valence-corrected chi connectivity index (χ1v) is 20.0. The van der Waals surface area contributed by atoms with Crippen LogP contribution in [0.4, 0.5) is 17.1 Å². The van der Waals surface area contributed by atoms with Crippen LogP contribution in [-0.4, -0.2) is 4.40 Å². The van der Waals surface area contributed by atoms with E-state index in [1.54, 1.807) is 0 Å². The number of benzene rings is 7. The Morgan fingerprint density at radius 3 is 2.11 bits per heavy atom. The second kappa shape index (κ2) is 13.9. The fourth-order valence-corrected chi connectivity index (χ4v) is 9.31. The van der Waals surface area contributed by atoms with E-state index in [1.807, 2.05) is 19.9 Å². The van der Waals surface area contributed by atoms with Gasteiger partial charge in [0.05, 0.1) is 27.9 Å². The fraction of sp³-hybridized carbons (Fsp3) is 0.148. The molecule has 7 aromatic carbocycles. The van der Waals surface area contributed by atoms with Crippen LogP contribution in [0.15, 0.2) is 158 Å². The van der Waals surface area contributed by atoms with Crippen molar-refractivity contribution in [3.05, 3.63) is 174 Å². The standard InChI is InChI=1S/C52H40N2.C2H6/c1-5-15-34(16-6-2)37-29-32-41-44(33-37)52(3,4)43-22-13-24-46(49(41)43)53(38-30-27-36(28-31-38)35-17-8-7-9-18-35)47-25-14-26-48-50(47)42-21-12-20-40-39-19-10-11-23-45(39)54(48)51(40)42;1-2/h1,7-15,17-33H,6,16H2,2-4H3;1-2H3/b34-15+;. The summed E-state index contributed by atoms with van der Waals surface area (Å²) >= 11 is 0. The van der Waals surface area contributed by atoms with E-state index >= 15 is 0 Å². The van der Waals surface area contributed by atoms with Crippen LogP contribution in [0.3, 0.4) is 0 Å². The molecule has 10 rings (SSSR count). The molecule has 0 fully saturated rings. The van der Waals surface area contributed by atoms with Gasteiger partial charge in [0.15, 0.2) is 0 Å². The van der Waals surface area contributed by atoms with Gasteiger partial charge in [-0.1, -0.05) is 156 Å². The Kier molecular flexibility index (Phi) is 8.75. The maximum Gasteiger partial charge on any atom is 0.0621 e. The monoisotopic (exact) mass is 722 g/mol. The van der Waals surface area contributed by atoms with Crippen LogP contribution < -0.4 is 4.90 Å². The lowest BCUT2D eigenvalue weighted by Crippen LogP contribution is -2.16. The molecule has 56 heavy (non-hydrogen) atoms. The summed E-state index contributed by atoms with van der Waals surface area (Å²) in [6.45, 7) is 11.0. The first kappa shape index (κ1) is 35.2. The molecule has 0 unspecified atom stereocenters. The van der Waals surface area contributed by atoms with Gasteiger partial charge >= 0.3 is 0 Å². The van der Waals surface area contributed by atoms with E-state index in [0.717, 1.165) is 18.5 Å². The molecule has 2 heterocycles. The molecule has 0 amide bonds. The third kappa shape index (κ3) is 5.26. The summed E-state index contributed by atoms with van der Waals surface area (Å²) in [5.74, 6) is 2.80. The van der Waals surface area contributed by atoms with E-state index in [1.165, 1.54) is 94.0 Å². The second-order valence-corrected chi connectivity index (χ2v) is 15.1. The van der Waals surface area contributed by atoms with Gasteiger partial charge in [-0.25, -0.2) is 0 Å². The molecule has 2 heteroatoms. The maximum atomic E-state index is 5.82. The Morgan fingerprint density at radius 1 is 0.661 bits per heavy atom. The predicted molar refractivity (Wildman–Crippen MR) is 242 cm³/mol. The highest BCUT2D eigenvalue weighted by Crippen LogP contribution is 2.56. The Labute approximate surface area is 330 Å². The van der Waals surface area contributed by atoms with E-state index < -0.39 is 0 Å². The summed E-state index contributed by atoms with van der Waals surface area (Å²) < 4.78 is 2.47. The number of anilines is 3. The predicted octanol–water partition coefficient (Wildman–Crippen LogP) is 15.1. The number of terminal acetylenes is 1. The molecule has 1 aliphatic rings. The van der Waals surface area contributed by atoms with Gasteiger partial charge in [-0.3, -0.25) is 0 Å². The number of hydrogen-bond donors (Lipinski definition) is 0. The number of allylic oxidation sites excluding steroid dienone is 2. The van der Waals surface area contributed by atoms with Gasteiger partial charge in [0, 0.05) is 38.2 Å². The third-order valence-electron chi connectivity index (χ3n) is 11.8. The summed E-state index contributed by atoms with van der Waals surface area (Å²) in [6, 6.07) is 56.1. The lowest BCUT2D eigenvalue weighted by Gasteiger charge is -2.29. The van der Waals surface area contributed by atoms with Crippen LogP contribution in [0.5, 0.6) is 0 Å². The molecular weight excluding hydrogens is 677 g/mol. The van der Waals surface area contributed by atoms with Gasteiger partial charge in [-0.2, -0.15) is 0 Å². The van der Waals surface area contributed by atoms with Gasteiger partial charge in [-0.05, 0) is 93.9 Å². The summed E-state index contributed by atoms with van der Waals surface area (Å²) in [5, 5.41) is 5.10. The number of hydrogen-bond acceptors (Lipinski definition) is 1. The van der Waals surface area contributed by atoms with E-state index in [0.29, 0.717) is 0 Å². The molecular formula is C54H46N2. The Bertz CT molecular complexity index is 2970. The van der Waals surface area contributed by atoms with Crippen molar-refractivity contribution in [1.29, 1.82) is 0 Å². The van der Waals surface area contributed by atoms with Crippen LogP contribution in [-0.2, 0) is 5.41 Å². The lowest BCUT2D eigenvalue weighted by atomic mass is 9.81. The largest absolute Gasteiger partial charge is 0.309 e. The molecule has 2 aromatic heterocycles. The minimum atomic E-state index is -0.200. The van der Waals surface area contributed by atoms with Gasteiger partial charge in [0.1, 0.15) is 0 Å². The normalized spacial score (nSPS) is 13.1. The van der Waals surface area contributed by atoms with Crippen LogP contribution in [0, 0.1) is 12.3 Å². The molecule has 2 nitrogen and oxygen atoms in total. The topological polar surface area (TPSA) is 7.65 Å². The third-order valence-corrected chi connectivity index (χ3v) is 11.8. The van der Waals surface area contributed by atoms with Gasteiger partial charge in [-0.15, -0.1) is 6.42 Å². The number of para-hydroxylation sites is 2. The van der Waals surface area contributed by atoms with E-state index in [4.69, 9.17) is 6.42 Å². The zero-order valence-corrected chi connectivity index (χ0v) is 32.9. The van der Waals surface area contributed by atoms with Crippen molar-refractivity contribution in [2.45, 2.75) is 52.9 Å². The van der Waals surface area contributed by atoms with E-state index in [9.17, 15) is 0 Å². The fourth-order valence-electron chi connectivity index (χ4n) is 9.31. The highest BCUT2D eigenvalue weighted by molar-refractivity contribution is 6.26. The lowest BCUT2D eigenvalue weighted by molar-refractivity contribution is 0.660. The smallest absolute Gasteiger partial charge is 0.0621 e. The van der Waals surface area contributed by atoms with Crippen molar-refractivity contribution in [2.24, 2.45) is 0 Å². The molecule has 0 atom stereocenters. The molecule has 9 aromatic rings. The first-order valence-electron chi connectivity index (χ1n) is 20.0. The maximum absolute atomic E-state index is 5.82. The SMILES string of the molecule is C#C/C=C(\CCC)c1ccc2c(c1)C(C)(C)c1cccc(N(c3ccc(-c4ccccc4)cc3)c3cccc4c3c3cccc5c6ccccc6n4c53)c1-2.CC. The van der Waals surface area contributed by atoms with Crippen molar-refractivity contribution in [3.8, 4) is 34.6 Å². The van der Waals surface area contributed by atoms with Crippen molar-refractivity contribution < 1.29 is 0 Å². The summed E-state index contributed by atoms with van der Waals surface area (Å²) in [5.41, 5.74) is 17.1. The molecule has 0 saturated heterocycles. The Morgan fingerprint density at radius 2 is 1.32 bits per heavy atom. The summed E-state index contributed by atoms with van der Waals surface area (Å²) in [6.07, 6.45) is 9.77. The van der Waals surface area contributed by atoms with Crippen molar-refractivity contribution in [3.63, 3.8) is 0 Å². The molecule has 272 valence electrons. The zero-order chi connectivity index (χ0) is 38.6. The van der Waals surface area contributed by atoms with Gasteiger partial charge in [0.2, 0.25) is 0 Å². The average molecular weight is 723 g/mol. The number of nitrogens with zero attached hydrogens (tertiary/aromatic N) is 2. The number of rotatable bonds is 7. The molecule has 1 aliphatic carbocycles. The molecule has 0 saturated carbocycles. The number of aromatic nitrogens is 1. The highest BCUT2D eigenvalue weighted by Gasteiger charge is 2.38. The summed E-state index contributed by atoms with van der Waals surface area (Å²) in [4.78, 5) is 2.51. The minimum Gasteiger partial charge on any atom is -0.309 e. The number of fused-ring (bicyclic) bond motifs is 9. The van der Waals surface area contributed by atoms with Gasteiger partial charge < -0.3 is 9.30 Å². The first-order chi connectivity index (χ1) is 27.5. The molecule has 0 bridgehead atoms. The van der Waals surface area contributed by atoms with Gasteiger partial charge in [0.25, 0.3) is 0 Å².